The Kier molecular flexibility index (Phi) is 6.60. The fourth-order valence-electron chi connectivity index (χ4n) is 3.07. The summed E-state index contributed by atoms with van der Waals surface area (Å²) in [4.78, 5) is 20.6. The topological polar surface area (TPSA) is 60.0 Å². The van der Waals surface area contributed by atoms with E-state index in [1.807, 2.05) is 6.92 Å². The van der Waals surface area contributed by atoms with E-state index < -0.39 is 11.6 Å². The Morgan fingerprint density at radius 1 is 1.22 bits per heavy atom. The molecule has 1 aromatic rings. The summed E-state index contributed by atoms with van der Waals surface area (Å²) < 4.78 is 27.1. The number of carbonyl (C=O) groups is 1. The first-order valence-electron chi connectivity index (χ1n) is 9.54. The summed E-state index contributed by atoms with van der Waals surface area (Å²) in [5.41, 5.74) is 0.237. The van der Waals surface area contributed by atoms with Crippen molar-refractivity contribution in [1.29, 1.82) is 0 Å². The lowest BCUT2D eigenvalue weighted by Gasteiger charge is -2.36. The zero-order valence-electron chi connectivity index (χ0n) is 15.7. The molecule has 0 bridgehead atoms. The van der Waals surface area contributed by atoms with Gasteiger partial charge in [0.1, 0.15) is 11.6 Å². The SMILES string of the molecule is CCNC(=NCc1cc(F)ccc1F)N1CCN(CC(=O)NC2CC2)CC1. The molecule has 1 aliphatic carbocycles. The minimum Gasteiger partial charge on any atom is -0.357 e. The van der Waals surface area contributed by atoms with E-state index in [4.69, 9.17) is 0 Å². The Bertz CT molecular complexity index is 685. The third kappa shape index (κ3) is 5.89. The summed E-state index contributed by atoms with van der Waals surface area (Å²) in [7, 11) is 0. The highest BCUT2D eigenvalue weighted by Gasteiger charge is 2.25. The monoisotopic (exact) mass is 379 g/mol. The first-order valence-corrected chi connectivity index (χ1v) is 9.54. The number of halogens is 2. The number of nitrogens with one attached hydrogen (secondary N) is 2. The highest BCUT2D eigenvalue weighted by Crippen LogP contribution is 2.18. The summed E-state index contributed by atoms with van der Waals surface area (Å²) >= 11 is 0. The summed E-state index contributed by atoms with van der Waals surface area (Å²) in [5, 5.41) is 6.22. The Morgan fingerprint density at radius 3 is 2.63 bits per heavy atom. The Labute approximate surface area is 158 Å². The third-order valence-corrected chi connectivity index (χ3v) is 4.72. The summed E-state index contributed by atoms with van der Waals surface area (Å²) in [6, 6.07) is 3.79. The van der Waals surface area contributed by atoms with Crippen molar-refractivity contribution in [2.75, 3.05) is 39.3 Å². The van der Waals surface area contributed by atoms with Gasteiger partial charge in [-0.3, -0.25) is 9.69 Å². The van der Waals surface area contributed by atoms with Gasteiger partial charge in [-0.25, -0.2) is 13.8 Å². The van der Waals surface area contributed by atoms with Gasteiger partial charge in [0.2, 0.25) is 5.91 Å². The Hall–Kier alpha value is -2.22. The molecular formula is C19H27F2N5O. The zero-order chi connectivity index (χ0) is 19.2. The van der Waals surface area contributed by atoms with Crippen molar-refractivity contribution in [2.45, 2.75) is 32.4 Å². The quantitative estimate of drug-likeness (QED) is 0.578. The van der Waals surface area contributed by atoms with Crippen LogP contribution >= 0.6 is 0 Å². The lowest BCUT2D eigenvalue weighted by molar-refractivity contribution is -0.122. The van der Waals surface area contributed by atoms with Crippen molar-refractivity contribution in [1.82, 2.24) is 20.4 Å². The average Bonchev–Trinajstić information content (AvgIpc) is 3.46. The van der Waals surface area contributed by atoms with E-state index >= 15 is 0 Å². The van der Waals surface area contributed by atoms with Crippen LogP contribution in [0.15, 0.2) is 23.2 Å². The largest absolute Gasteiger partial charge is 0.357 e. The van der Waals surface area contributed by atoms with Crippen molar-refractivity contribution in [3.63, 3.8) is 0 Å². The van der Waals surface area contributed by atoms with Gasteiger partial charge in [0.05, 0.1) is 13.1 Å². The second kappa shape index (κ2) is 9.12. The number of aliphatic imine (C=N–C) groups is 1. The van der Waals surface area contributed by atoms with Gasteiger partial charge in [-0.1, -0.05) is 0 Å². The van der Waals surface area contributed by atoms with Crippen molar-refractivity contribution in [3.8, 4) is 0 Å². The van der Waals surface area contributed by atoms with E-state index in [0.29, 0.717) is 25.1 Å². The van der Waals surface area contributed by atoms with E-state index in [0.717, 1.165) is 51.2 Å². The van der Waals surface area contributed by atoms with Crippen LogP contribution in [0.1, 0.15) is 25.3 Å². The fourth-order valence-corrected chi connectivity index (χ4v) is 3.07. The fraction of sp³-hybridized carbons (Fsp3) is 0.579. The van der Waals surface area contributed by atoms with Gasteiger partial charge in [-0.2, -0.15) is 0 Å². The number of amides is 1. The van der Waals surface area contributed by atoms with Crippen molar-refractivity contribution >= 4 is 11.9 Å². The van der Waals surface area contributed by atoms with Crippen molar-refractivity contribution in [2.24, 2.45) is 4.99 Å². The van der Waals surface area contributed by atoms with Crippen LogP contribution in [0.5, 0.6) is 0 Å². The number of nitrogens with zero attached hydrogens (tertiary/aromatic N) is 3. The number of piperazine rings is 1. The molecule has 0 aromatic heterocycles. The molecule has 2 fully saturated rings. The molecule has 3 rings (SSSR count). The van der Waals surface area contributed by atoms with Crippen LogP contribution in [0.3, 0.4) is 0 Å². The molecule has 0 atom stereocenters. The van der Waals surface area contributed by atoms with Crippen LogP contribution in [-0.4, -0.2) is 67.0 Å². The number of hydrogen-bond acceptors (Lipinski definition) is 3. The first kappa shape index (κ1) is 19.5. The Balaban J connectivity index is 1.54. The molecule has 2 aliphatic rings. The second-order valence-corrected chi connectivity index (χ2v) is 7.01. The lowest BCUT2D eigenvalue weighted by Crippen LogP contribution is -2.54. The van der Waals surface area contributed by atoms with Crippen LogP contribution in [0.2, 0.25) is 0 Å². The molecule has 1 saturated heterocycles. The summed E-state index contributed by atoms with van der Waals surface area (Å²) in [5.74, 6) is -0.150. The molecule has 8 heteroatoms. The predicted molar refractivity (Wildman–Crippen MR) is 100 cm³/mol. The van der Waals surface area contributed by atoms with Crippen molar-refractivity contribution in [3.05, 3.63) is 35.4 Å². The lowest BCUT2D eigenvalue weighted by atomic mass is 10.2. The molecule has 0 spiro atoms. The smallest absolute Gasteiger partial charge is 0.234 e. The number of carbonyl (C=O) groups excluding carboxylic acids is 1. The number of hydrogen-bond donors (Lipinski definition) is 2. The molecule has 6 nitrogen and oxygen atoms in total. The maximum atomic E-state index is 13.8. The van der Waals surface area contributed by atoms with Crippen LogP contribution in [0.4, 0.5) is 8.78 Å². The van der Waals surface area contributed by atoms with Crippen LogP contribution in [0, 0.1) is 11.6 Å². The summed E-state index contributed by atoms with van der Waals surface area (Å²) in [6.45, 7) is 6.14. The van der Waals surface area contributed by atoms with Gasteiger partial charge in [0.15, 0.2) is 5.96 Å². The molecule has 1 saturated carbocycles. The Morgan fingerprint density at radius 2 is 1.96 bits per heavy atom. The van der Waals surface area contributed by atoms with Gasteiger partial charge < -0.3 is 15.5 Å². The number of rotatable bonds is 6. The molecule has 148 valence electrons. The molecular weight excluding hydrogens is 352 g/mol. The van der Waals surface area contributed by atoms with E-state index in [1.54, 1.807) is 0 Å². The van der Waals surface area contributed by atoms with Crippen LogP contribution in [-0.2, 0) is 11.3 Å². The highest BCUT2D eigenvalue weighted by atomic mass is 19.1. The van der Waals surface area contributed by atoms with Crippen LogP contribution < -0.4 is 10.6 Å². The molecule has 0 radical (unpaired) electrons. The maximum absolute atomic E-state index is 13.8. The predicted octanol–water partition coefficient (Wildman–Crippen LogP) is 1.33. The first-order chi connectivity index (χ1) is 13.0. The van der Waals surface area contributed by atoms with E-state index in [2.05, 4.69) is 25.4 Å². The number of benzene rings is 1. The molecule has 1 aromatic carbocycles. The van der Waals surface area contributed by atoms with E-state index in [-0.39, 0.29) is 18.0 Å². The van der Waals surface area contributed by atoms with Crippen molar-refractivity contribution < 1.29 is 13.6 Å². The molecule has 0 unspecified atom stereocenters. The molecule has 1 amide bonds. The normalized spacial score (nSPS) is 18.5. The maximum Gasteiger partial charge on any atom is 0.234 e. The van der Waals surface area contributed by atoms with Gasteiger partial charge >= 0.3 is 0 Å². The molecule has 27 heavy (non-hydrogen) atoms. The summed E-state index contributed by atoms with van der Waals surface area (Å²) in [6.07, 6.45) is 2.18. The van der Waals surface area contributed by atoms with E-state index in [1.165, 1.54) is 6.07 Å². The minimum absolute atomic E-state index is 0.0793. The van der Waals surface area contributed by atoms with Gasteiger partial charge in [0.25, 0.3) is 0 Å². The van der Waals surface area contributed by atoms with Gasteiger partial charge in [0, 0.05) is 44.3 Å². The minimum atomic E-state index is -0.468. The third-order valence-electron chi connectivity index (χ3n) is 4.72. The second-order valence-electron chi connectivity index (χ2n) is 7.01. The molecule has 1 aliphatic heterocycles. The van der Waals surface area contributed by atoms with Gasteiger partial charge in [-0.05, 0) is 38.0 Å². The van der Waals surface area contributed by atoms with Crippen LogP contribution in [0.25, 0.3) is 0 Å². The highest BCUT2D eigenvalue weighted by molar-refractivity contribution is 5.80. The number of guanidine groups is 1. The average molecular weight is 379 g/mol. The van der Waals surface area contributed by atoms with Gasteiger partial charge in [-0.15, -0.1) is 0 Å². The standard InChI is InChI=1S/C19H27F2N5O/c1-2-22-19(23-12-14-11-15(20)3-6-17(14)21)26-9-7-25(8-10-26)13-18(27)24-16-4-5-16/h3,6,11,16H,2,4-5,7-10,12-13H2,1H3,(H,22,23)(H,24,27). The van der Waals surface area contributed by atoms with E-state index in [9.17, 15) is 13.6 Å². The molecule has 2 N–H and O–H groups in total. The molecule has 1 heterocycles. The zero-order valence-corrected chi connectivity index (χ0v) is 15.7.